The molecule has 4 aromatic rings. The molecule has 1 aliphatic heterocycles. The molecule has 0 saturated heterocycles. The van der Waals surface area contributed by atoms with Gasteiger partial charge in [-0.1, -0.05) is 53.5 Å². The van der Waals surface area contributed by atoms with Crippen molar-refractivity contribution in [3.05, 3.63) is 135 Å². The van der Waals surface area contributed by atoms with Gasteiger partial charge in [0, 0.05) is 27.8 Å². The predicted octanol–water partition coefficient (Wildman–Crippen LogP) is 7.95. The van der Waals surface area contributed by atoms with Gasteiger partial charge in [-0.3, -0.25) is 0 Å². The monoisotopic (exact) mass is 630 g/mol. The molecule has 0 amide bonds. The molecule has 0 fully saturated rings. The summed E-state index contributed by atoms with van der Waals surface area (Å²) < 4.78 is 36.4. The number of halogens is 3. The highest BCUT2D eigenvalue weighted by Gasteiger charge is 2.32. The Balaban J connectivity index is 1.39. The topological polar surface area (TPSA) is 104 Å². The zero-order valence-electron chi connectivity index (χ0n) is 23.4. The Hall–Kier alpha value is -4.97. The molecule has 222 valence electrons. The SMILES string of the molecule is CCOc1cc(C2C(C#N)=C(N)Oc3cc(OC(=O)/C=C/c4ccc(Cl)cc4Cl)ccc32)ccc1OCc1ccc(F)cc1. The maximum atomic E-state index is 13.3. The number of ether oxygens (including phenoxy) is 4. The molecule has 1 heterocycles. The van der Waals surface area contributed by atoms with E-state index >= 15 is 0 Å². The smallest absolute Gasteiger partial charge is 0.336 e. The molecule has 4 aromatic carbocycles. The van der Waals surface area contributed by atoms with E-state index in [1.807, 2.05) is 13.0 Å². The lowest BCUT2D eigenvalue weighted by Crippen LogP contribution is -2.21. The highest BCUT2D eigenvalue weighted by Crippen LogP contribution is 2.45. The third kappa shape index (κ3) is 6.97. The Labute approximate surface area is 263 Å². The second kappa shape index (κ2) is 13.6. The number of nitriles is 1. The van der Waals surface area contributed by atoms with E-state index < -0.39 is 11.9 Å². The summed E-state index contributed by atoms with van der Waals surface area (Å²) >= 11 is 12.1. The highest BCUT2D eigenvalue weighted by atomic mass is 35.5. The third-order valence-corrected chi connectivity index (χ3v) is 7.24. The number of carbonyl (C=O) groups excluding carboxylic acids is 1. The number of allylic oxidation sites excluding steroid dienone is 1. The summed E-state index contributed by atoms with van der Waals surface area (Å²) in [4.78, 5) is 12.5. The van der Waals surface area contributed by atoms with Gasteiger partial charge in [0.2, 0.25) is 5.88 Å². The first kappa shape index (κ1) is 30.5. The molecule has 44 heavy (non-hydrogen) atoms. The normalized spacial score (nSPS) is 14.0. The maximum Gasteiger partial charge on any atom is 0.336 e. The van der Waals surface area contributed by atoms with Gasteiger partial charge in [-0.15, -0.1) is 0 Å². The van der Waals surface area contributed by atoms with Crippen molar-refractivity contribution in [3.63, 3.8) is 0 Å². The van der Waals surface area contributed by atoms with Crippen LogP contribution in [0.4, 0.5) is 4.39 Å². The number of benzene rings is 4. The minimum atomic E-state index is -0.637. The van der Waals surface area contributed by atoms with Crippen LogP contribution >= 0.6 is 23.2 Å². The van der Waals surface area contributed by atoms with E-state index in [9.17, 15) is 14.4 Å². The lowest BCUT2D eigenvalue weighted by atomic mass is 9.83. The van der Waals surface area contributed by atoms with Crippen molar-refractivity contribution in [3.8, 4) is 29.1 Å². The van der Waals surface area contributed by atoms with Crippen molar-refractivity contribution < 1.29 is 28.1 Å². The number of esters is 1. The van der Waals surface area contributed by atoms with Gasteiger partial charge < -0.3 is 24.7 Å². The molecule has 1 aliphatic rings. The summed E-state index contributed by atoms with van der Waals surface area (Å²) in [5.41, 5.74) is 9.14. The third-order valence-electron chi connectivity index (χ3n) is 6.68. The molecule has 10 heteroatoms. The molecule has 0 aliphatic carbocycles. The van der Waals surface area contributed by atoms with Gasteiger partial charge in [0.1, 0.15) is 35.6 Å². The first-order valence-electron chi connectivity index (χ1n) is 13.5. The van der Waals surface area contributed by atoms with Crippen LogP contribution in [0.1, 0.15) is 35.1 Å². The lowest BCUT2D eigenvalue weighted by Gasteiger charge is -2.27. The fourth-order valence-corrected chi connectivity index (χ4v) is 5.09. The number of hydrogen-bond donors (Lipinski definition) is 1. The summed E-state index contributed by atoms with van der Waals surface area (Å²) in [6.07, 6.45) is 2.77. The fraction of sp³-hybridized carbons (Fsp3) is 0.118. The summed E-state index contributed by atoms with van der Waals surface area (Å²) in [6.45, 7) is 2.43. The quantitative estimate of drug-likeness (QED) is 0.114. The van der Waals surface area contributed by atoms with Crippen LogP contribution < -0.4 is 24.7 Å². The Morgan fingerprint density at radius 3 is 2.55 bits per heavy atom. The van der Waals surface area contributed by atoms with Gasteiger partial charge in [-0.05, 0) is 72.2 Å². The van der Waals surface area contributed by atoms with Crippen LogP contribution in [-0.4, -0.2) is 12.6 Å². The molecule has 5 rings (SSSR count). The van der Waals surface area contributed by atoms with Gasteiger partial charge in [0.05, 0.1) is 12.5 Å². The summed E-state index contributed by atoms with van der Waals surface area (Å²) in [6, 6.07) is 23.3. The van der Waals surface area contributed by atoms with E-state index in [0.717, 1.165) is 5.56 Å². The minimum absolute atomic E-state index is 0.0691. The molecule has 7 nitrogen and oxygen atoms in total. The van der Waals surface area contributed by atoms with Gasteiger partial charge in [0.15, 0.2) is 11.5 Å². The van der Waals surface area contributed by atoms with Gasteiger partial charge in [-0.25, -0.2) is 9.18 Å². The largest absolute Gasteiger partial charge is 0.490 e. The van der Waals surface area contributed by atoms with E-state index in [2.05, 4.69) is 6.07 Å². The Morgan fingerprint density at radius 2 is 1.82 bits per heavy atom. The van der Waals surface area contributed by atoms with E-state index in [4.69, 9.17) is 47.9 Å². The van der Waals surface area contributed by atoms with Crippen molar-refractivity contribution in [2.45, 2.75) is 19.4 Å². The maximum absolute atomic E-state index is 13.3. The first-order chi connectivity index (χ1) is 21.2. The molecular weight excluding hydrogens is 606 g/mol. The second-order valence-electron chi connectivity index (χ2n) is 9.60. The molecule has 0 aromatic heterocycles. The standard InChI is InChI=1S/C34H25Cl2FN2O5/c1-2-41-31-15-22(6-13-29(31)42-19-20-3-9-24(37)10-4-20)33-26-12-11-25(17-30(26)44-34(39)27(33)18-38)43-32(40)14-7-21-5-8-23(35)16-28(21)36/h3-17,33H,2,19,39H2,1H3/b14-7+. The van der Waals surface area contributed by atoms with E-state index in [1.165, 1.54) is 30.4 Å². The zero-order chi connectivity index (χ0) is 31.2. The number of nitrogens with two attached hydrogens (primary N) is 1. The molecule has 1 unspecified atom stereocenters. The van der Waals surface area contributed by atoms with Crippen LogP contribution in [0.3, 0.4) is 0 Å². The van der Waals surface area contributed by atoms with Crippen LogP contribution in [0.25, 0.3) is 6.08 Å². The summed E-state index contributed by atoms with van der Waals surface area (Å²) in [7, 11) is 0. The van der Waals surface area contributed by atoms with Crippen LogP contribution in [0.2, 0.25) is 10.0 Å². The molecule has 0 radical (unpaired) electrons. The number of nitrogens with zero attached hydrogens (tertiary/aromatic N) is 1. The Morgan fingerprint density at radius 1 is 1.02 bits per heavy atom. The average molecular weight is 631 g/mol. The van der Waals surface area contributed by atoms with Crippen molar-refractivity contribution in [2.75, 3.05) is 6.61 Å². The van der Waals surface area contributed by atoms with Gasteiger partial charge in [-0.2, -0.15) is 5.26 Å². The Bertz CT molecular complexity index is 1820. The zero-order valence-corrected chi connectivity index (χ0v) is 24.9. The lowest BCUT2D eigenvalue weighted by molar-refractivity contribution is -0.128. The van der Waals surface area contributed by atoms with Crippen LogP contribution in [0.15, 0.2) is 96.4 Å². The minimum Gasteiger partial charge on any atom is -0.490 e. The van der Waals surface area contributed by atoms with Crippen LogP contribution in [-0.2, 0) is 11.4 Å². The predicted molar refractivity (Wildman–Crippen MR) is 165 cm³/mol. The molecule has 2 N–H and O–H groups in total. The summed E-state index contributed by atoms with van der Waals surface area (Å²) in [5.74, 6) is -0.129. The second-order valence-corrected chi connectivity index (χ2v) is 10.4. The van der Waals surface area contributed by atoms with Gasteiger partial charge in [0.25, 0.3) is 0 Å². The summed E-state index contributed by atoms with van der Waals surface area (Å²) in [5, 5.41) is 10.9. The molecular formula is C34H25Cl2FN2O5. The fourth-order valence-electron chi connectivity index (χ4n) is 4.62. The van der Waals surface area contributed by atoms with E-state index in [0.29, 0.717) is 50.6 Å². The Kier molecular flexibility index (Phi) is 9.39. The van der Waals surface area contributed by atoms with Crippen molar-refractivity contribution in [1.82, 2.24) is 0 Å². The van der Waals surface area contributed by atoms with Crippen LogP contribution in [0.5, 0.6) is 23.0 Å². The molecule has 0 saturated carbocycles. The number of carbonyl (C=O) groups is 1. The van der Waals surface area contributed by atoms with E-state index in [-0.39, 0.29) is 29.6 Å². The first-order valence-corrected chi connectivity index (χ1v) is 14.2. The average Bonchev–Trinajstić information content (AvgIpc) is 3.00. The highest BCUT2D eigenvalue weighted by molar-refractivity contribution is 6.35. The number of rotatable bonds is 9. The molecule has 1 atom stereocenters. The number of hydrogen-bond acceptors (Lipinski definition) is 7. The van der Waals surface area contributed by atoms with E-state index in [1.54, 1.807) is 54.6 Å². The van der Waals surface area contributed by atoms with Crippen LogP contribution in [0, 0.1) is 17.1 Å². The number of fused-ring (bicyclic) bond motifs is 1. The van der Waals surface area contributed by atoms with Crippen molar-refractivity contribution >= 4 is 35.2 Å². The molecule has 0 bridgehead atoms. The van der Waals surface area contributed by atoms with Gasteiger partial charge >= 0.3 is 5.97 Å². The van der Waals surface area contributed by atoms with Crippen molar-refractivity contribution in [1.29, 1.82) is 5.26 Å². The van der Waals surface area contributed by atoms with Crippen molar-refractivity contribution in [2.24, 2.45) is 5.73 Å². The molecule has 0 spiro atoms.